The van der Waals surface area contributed by atoms with Crippen LogP contribution in [0.4, 0.5) is 4.79 Å². The number of allylic oxidation sites excluding steroid dienone is 1. The van der Waals surface area contributed by atoms with Crippen molar-refractivity contribution >= 4 is 11.9 Å². The molecule has 124 valence electrons. The molecule has 1 fully saturated rings. The standard InChI is InChI=1S/C16H27N3O3/c1-3-22-11-5-10-17-15(21)18-12-16-8-4-6-13(16)19(2)14(20)7-9-16/h6H,3-5,7-12H2,1-2H3,(H2,17,18,21). The van der Waals surface area contributed by atoms with Gasteiger partial charge in [-0.1, -0.05) is 6.08 Å². The molecule has 0 bridgehead atoms. The zero-order valence-corrected chi connectivity index (χ0v) is 13.6. The summed E-state index contributed by atoms with van der Waals surface area (Å²) in [4.78, 5) is 25.5. The summed E-state index contributed by atoms with van der Waals surface area (Å²) in [5.41, 5.74) is 1.02. The summed E-state index contributed by atoms with van der Waals surface area (Å²) in [7, 11) is 1.83. The molecule has 1 saturated heterocycles. The maximum atomic E-state index is 11.9. The summed E-state index contributed by atoms with van der Waals surface area (Å²) in [6, 6.07) is -0.142. The highest BCUT2D eigenvalue weighted by atomic mass is 16.5. The van der Waals surface area contributed by atoms with E-state index in [1.165, 1.54) is 0 Å². The molecule has 6 heteroatoms. The fraction of sp³-hybridized carbons (Fsp3) is 0.750. The van der Waals surface area contributed by atoms with Crippen LogP contribution in [0.15, 0.2) is 11.8 Å². The van der Waals surface area contributed by atoms with Crippen molar-refractivity contribution in [1.29, 1.82) is 0 Å². The molecule has 1 aliphatic heterocycles. The molecule has 1 aliphatic carbocycles. The van der Waals surface area contributed by atoms with Crippen molar-refractivity contribution in [1.82, 2.24) is 15.5 Å². The smallest absolute Gasteiger partial charge is 0.314 e. The summed E-state index contributed by atoms with van der Waals surface area (Å²) >= 11 is 0. The summed E-state index contributed by atoms with van der Waals surface area (Å²) in [6.07, 6.45) is 6.32. The van der Waals surface area contributed by atoms with E-state index in [4.69, 9.17) is 4.74 Å². The van der Waals surface area contributed by atoms with Crippen LogP contribution in [-0.4, -0.2) is 50.2 Å². The van der Waals surface area contributed by atoms with Crippen LogP contribution in [0.3, 0.4) is 0 Å². The van der Waals surface area contributed by atoms with Gasteiger partial charge in [-0.05, 0) is 32.6 Å². The first-order chi connectivity index (χ1) is 10.6. The highest BCUT2D eigenvalue weighted by Gasteiger charge is 2.44. The predicted octanol–water partition coefficient (Wildman–Crippen LogP) is 1.63. The Kier molecular flexibility index (Phi) is 5.83. The van der Waals surface area contributed by atoms with Crippen LogP contribution in [0, 0.1) is 5.41 Å². The molecule has 0 aromatic carbocycles. The lowest BCUT2D eigenvalue weighted by Crippen LogP contribution is -2.48. The van der Waals surface area contributed by atoms with E-state index in [1.807, 2.05) is 14.0 Å². The number of likely N-dealkylation sites (tertiary alicyclic amines) is 1. The summed E-state index contributed by atoms with van der Waals surface area (Å²) in [5, 5.41) is 5.82. The molecule has 0 aromatic heterocycles. The molecule has 0 spiro atoms. The van der Waals surface area contributed by atoms with Gasteiger partial charge in [0, 0.05) is 50.9 Å². The fourth-order valence-corrected chi connectivity index (χ4v) is 3.32. The van der Waals surface area contributed by atoms with Gasteiger partial charge in [-0.3, -0.25) is 4.79 Å². The molecule has 0 aromatic rings. The zero-order chi connectivity index (χ0) is 16.0. The second kappa shape index (κ2) is 7.63. The maximum Gasteiger partial charge on any atom is 0.314 e. The van der Waals surface area contributed by atoms with Gasteiger partial charge in [-0.25, -0.2) is 4.79 Å². The maximum absolute atomic E-state index is 11.9. The van der Waals surface area contributed by atoms with E-state index in [0.717, 1.165) is 31.4 Å². The predicted molar refractivity (Wildman–Crippen MR) is 84.3 cm³/mol. The Morgan fingerprint density at radius 1 is 1.41 bits per heavy atom. The largest absolute Gasteiger partial charge is 0.382 e. The van der Waals surface area contributed by atoms with Crippen molar-refractivity contribution in [2.24, 2.45) is 5.41 Å². The number of piperidine rings is 1. The van der Waals surface area contributed by atoms with E-state index in [9.17, 15) is 9.59 Å². The lowest BCUT2D eigenvalue weighted by Gasteiger charge is -2.41. The Bertz CT molecular complexity index is 450. The number of carbonyl (C=O) groups is 2. The van der Waals surface area contributed by atoms with Crippen molar-refractivity contribution in [3.63, 3.8) is 0 Å². The van der Waals surface area contributed by atoms with Gasteiger partial charge in [-0.15, -0.1) is 0 Å². The molecular weight excluding hydrogens is 282 g/mol. The van der Waals surface area contributed by atoms with Crippen molar-refractivity contribution in [3.8, 4) is 0 Å². The van der Waals surface area contributed by atoms with E-state index in [-0.39, 0.29) is 17.4 Å². The van der Waals surface area contributed by atoms with E-state index in [2.05, 4.69) is 16.7 Å². The third-order valence-corrected chi connectivity index (χ3v) is 4.60. The average Bonchev–Trinajstić information content (AvgIpc) is 2.94. The first-order valence-corrected chi connectivity index (χ1v) is 8.16. The lowest BCUT2D eigenvalue weighted by molar-refractivity contribution is -0.131. The van der Waals surface area contributed by atoms with Crippen molar-refractivity contribution in [3.05, 3.63) is 11.8 Å². The van der Waals surface area contributed by atoms with Crippen LogP contribution in [-0.2, 0) is 9.53 Å². The van der Waals surface area contributed by atoms with Crippen LogP contribution in [0.5, 0.6) is 0 Å². The minimum absolute atomic E-state index is 0.0642. The number of nitrogens with one attached hydrogen (secondary N) is 2. The zero-order valence-electron chi connectivity index (χ0n) is 13.6. The molecule has 3 amide bonds. The highest BCUT2D eigenvalue weighted by Crippen LogP contribution is 2.46. The van der Waals surface area contributed by atoms with Crippen molar-refractivity contribution in [2.75, 3.05) is 33.4 Å². The van der Waals surface area contributed by atoms with Gasteiger partial charge in [-0.2, -0.15) is 0 Å². The number of amides is 3. The second-order valence-corrected chi connectivity index (χ2v) is 6.02. The normalized spacial score (nSPS) is 24.0. The number of ether oxygens (including phenoxy) is 1. The Morgan fingerprint density at radius 2 is 2.23 bits per heavy atom. The summed E-state index contributed by atoms with van der Waals surface area (Å²) in [6.45, 7) is 4.53. The molecule has 6 nitrogen and oxygen atoms in total. The Balaban J connectivity index is 1.77. The van der Waals surface area contributed by atoms with Crippen LogP contribution < -0.4 is 10.6 Å². The highest BCUT2D eigenvalue weighted by molar-refractivity contribution is 5.80. The number of rotatable bonds is 7. The number of fused-ring (bicyclic) bond motifs is 1. The lowest BCUT2D eigenvalue weighted by atomic mass is 9.77. The van der Waals surface area contributed by atoms with Gasteiger partial charge in [0.05, 0.1) is 0 Å². The molecule has 1 unspecified atom stereocenters. The third-order valence-electron chi connectivity index (χ3n) is 4.60. The van der Waals surface area contributed by atoms with Crippen molar-refractivity contribution < 1.29 is 14.3 Å². The summed E-state index contributed by atoms with van der Waals surface area (Å²) in [5.74, 6) is 0.171. The van der Waals surface area contributed by atoms with Crippen molar-refractivity contribution in [2.45, 2.75) is 39.0 Å². The Hall–Kier alpha value is -1.56. The Morgan fingerprint density at radius 3 is 3.00 bits per heavy atom. The van der Waals surface area contributed by atoms with E-state index in [0.29, 0.717) is 32.7 Å². The van der Waals surface area contributed by atoms with Gasteiger partial charge in [0.15, 0.2) is 0 Å². The number of hydrogen-bond donors (Lipinski definition) is 2. The molecule has 2 aliphatic rings. The van der Waals surface area contributed by atoms with Crippen LogP contribution in [0.25, 0.3) is 0 Å². The van der Waals surface area contributed by atoms with Crippen LogP contribution >= 0.6 is 0 Å². The Labute approximate surface area is 132 Å². The second-order valence-electron chi connectivity index (χ2n) is 6.02. The first-order valence-electron chi connectivity index (χ1n) is 8.16. The molecule has 0 radical (unpaired) electrons. The first kappa shape index (κ1) is 16.8. The number of hydrogen-bond acceptors (Lipinski definition) is 3. The minimum Gasteiger partial charge on any atom is -0.382 e. The van der Waals surface area contributed by atoms with E-state index < -0.39 is 0 Å². The number of nitrogens with zero attached hydrogens (tertiary/aromatic N) is 1. The molecule has 1 heterocycles. The fourth-order valence-electron chi connectivity index (χ4n) is 3.32. The quantitative estimate of drug-likeness (QED) is 0.702. The average molecular weight is 309 g/mol. The molecule has 2 N–H and O–H groups in total. The van der Waals surface area contributed by atoms with Gasteiger partial charge in [0.1, 0.15) is 0 Å². The monoisotopic (exact) mass is 309 g/mol. The summed E-state index contributed by atoms with van der Waals surface area (Å²) < 4.78 is 5.23. The third kappa shape index (κ3) is 3.80. The SMILES string of the molecule is CCOCCCNC(=O)NCC12CCC=C1N(C)C(=O)CC2. The van der Waals surface area contributed by atoms with Crippen LogP contribution in [0.1, 0.15) is 39.0 Å². The molecular formula is C16H27N3O3. The minimum atomic E-state index is -0.142. The number of urea groups is 1. The van der Waals surface area contributed by atoms with Gasteiger partial charge >= 0.3 is 6.03 Å². The number of carbonyl (C=O) groups excluding carboxylic acids is 2. The molecule has 1 atom stereocenters. The van der Waals surface area contributed by atoms with Gasteiger partial charge in [0.25, 0.3) is 0 Å². The van der Waals surface area contributed by atoms with E-state index in [1.54, 1.807) is 4.90 Å². The van der Waals surface area contributed by atoms with Crippen LogP contribution in [0.2, 0.25) is 0 Å². The topological polar surface area (TPSA) is 70.7 Å². The van der Waals surface area contributed by atoms with E-state index >= 15 is 0 Å². The molecule has 0 saturated carbocycles. The van der Waals surface area contributed by atoms with Gasteiger partial charge in [0.2, 0.25) is 5.91 Å². The van der Waals surface area contributed by atoms with Gasteiger partial charge < -0.3 is 20.3 Å². The molecule has 22 heavy (non-hydrogen) atoms. The molecule has 2 rings (SSSR count).